The van der Waals surface area contributed by atoms with Crippen molar-refractivity contribution in [1.29, 1.82) is 0 Å². The molecule has 1 saturated carbocycles. The lowest BCUT2D eigenvalue weighted by Gasteiger charge is -2.29. The molecular weight excluding hydrogens is 338 g/mol. The summed E-state index contributed by atoms with van der Waals surface area (Å²) >= 11 is 0. The smallest absolute Gasteiger partial charge is 0.162 e. The van der Waals surface area contributed by atoms with Crippen molar-refractivity contribution in [3.05, 3.63) is 70.3 Å². The molecule has 0 spiro atoms. The van der Waals surface area contributed by atoms with Gasteiger partial charge < -0.3 is 0 Å². The molecule has 2 aliphatic rings. The minimum Gasteiger partial charge on any atom is -0.204 e. The second-order valence-electron chi connectivity index (χ2n) is 8.61. The van der Waals surface area contributed by atoms with Crippen LogP contribution < -0.4 is 0 Å². The third-order valence-corrected chi connectivity index (χ3v) is 6.93. The highest BCUT2D eigenvalue weighted by atomic mass is 19.2. The van der Waals surface area contributed by atoms with E-state index >= 15 is 0 Å². The molecular formula is C25H30F2. The van der Waals surface area contributed by atoms with E-state index in [0.29, 0.717) is 23.8 Å². The third-order valence-electron chi connectivity index (χ3n) is 6.93. The monoisotopic (exact) mass is 368 g/mol. The van der Waals surface area contributed by atoms with Crippen LogP contribution in [0.5, 0.6) is 0 Å². The average molecular weight is 369 g/mol. The van der Waals surface area contributed by atoms with E-state index in [9.17, 15) is 8.78 Å². The molecule has 0 heterocycles. The van der Waals surface area contributed by atoms with Gasteiger partial charge in [0.05, 0.1) is 0 Å². The van der Waals surface area contributed by atoms with Gasteiger partial charge in [0.1, 0.15) is 0 Å². The molecule has 2 heteroatoms. The normalized spacial score (nSPS) is 25.2. The number of fused-ring (bicyclic) bond motifs is 1. The number of halogens is 2. The molecule has 2 aromatic carbocycles. The number of hydrogen-bond donors (Lipinski definition) is 0. The summed E-state index contributed by atoms with van der Waals surface area (Å²) in [5.74, 6) is 0.568. The molecule has 0 bridgehead atoms. The second-order valence-corrected chi connectivity index (χ2v) is 8.61. The van der Waals surface area contributed by atoms with Crippen LogP contribution >= 0.6 is 0 Å². The van der Waals surface area contributed by atoms with Gasteiger partial charge in [0.15, 0.2) is 11.6 Å². The zero-order valence-corrected chi connectivity index (χ0v) is 16.3. The van der Waals surface area contributed by atoms with Crippen LogP contribution in [0.4, 0.5) is 8.78 Å². The number of rotatable bonds is 4. The van der Waals surface area contributed by atoms with Crippen LogP contribution in [0.15, 0.2) is 36.4 Å². The van der Waals surface area contributed by atoms with Gasteiger partial charge in [-0.15, -0.1) is 0 Å². The van der Waals surface area contributed by atoms with E-state index in [4.69, 9.17) is 0 Å². The molecule has 0 N–H and O–H groups in total. The predicted octanol–water partition coefficient (Wildman–Crippen LogP) is 7.31. The highest BCUT2D eigenvalue weighted by molar-refractivity contribution is 5.36. The molecule has 27 heavy (non-hydrogen) atoms. The molecule has 1 unspecified atom stereocenters. The van der Waals surface area contributed by atoms with Crippen molar-refractivity contribution in [3.63, 3.8) is 0 Å². The molecule has 1 fully saturated rings. The highest BCUT2D eigenvalue weighted by Crippen LogP contribution is 2.39. The van der Waals surface area contributed by atoms with E-state index in [-0.39, 0.29) is 0 Å². The number of hydrogen-bond acceptors (Lipinski definition) is 0. The lowest BCUT2D eigenvalue weighted by atomic mass is 9.76. The van der Waals surface area contributed by atoms with Gasteiger partial charge >= 0.3 is 0 Å². The Balaban J connectivity index is 1.43. The maximum absolute atomic E-state index is 14.2. The zero-order chi connectivity index (χ0) is 18.8. The van der Waals surface area contributed by atoms with Crippen LogP contribution in [0.2, 0.25) is 0 Å². The summed E-state index contributed by atoms with van der Waals surface area (Å²) in [6.45, 7) is 2.29. The van der Waals surface area contributed by atoms with Crippen molar-refractivity contribution < 1.29 is 8.78 Å². The Labute approximate surface area is 162 Å². The molecule has 0 aromatic heterocycles. The molecule has 1 atom stereocenters. The Bertz CT molecular complexity index is 770. The van der Waals surface area contributed by atoms with Crippen LogP contribution in [0.1, 0.15) is 86.0 Å². The second kappa shape index (κ2) is 8.12. The lowest BCUT2D eigenvalue weighted by molar-refractivity contribution is 0.308. The number of aryl methyl sites for hydroxylation is 1. The Morgan fingerprint density at radius 3 is 2.15 bits per heavy atom. The summed E-state index contributed by atoms with van der Waals surface area (Å²) in [4.78, 5) is 0. The van der Waals surface area contributed by atoms with Crippen molar-refractivity contribution in [2.24, 2.45) is 5.92 Å². The molecule has 4 rings (SSSR count). The van der Waals surface area contributed by atoms with E-state index in [1.54, 1.807) is 6.07 Å². The molecule has 0 radical (unpaired) electrons. The van der Waals surface area contributed by atoms with E-state index in [0.717, 1.165) is 24.3 Å². The SMILES string of the molecule is CCCC1CCC(c2ccc(C3CCc4ccc(F)c(F)c4C3)cc2)CC1. The summed E-state index contributed by atoms with van der Waals surface area (Å²) in [7, 11) is 0. The van der Waals surface area contributed by atoms with Gasteiger partial charge in [-0.05, 0) is 91.0 Å². The van der Waals surface area contributed by atoms with Gasteiger partial charge in [-0.2, -0.15) is 0 Å². The van der Waals surface area contributed by atoms with Crippen molar-refractivity contribution in [3.8, 4) is 0 Å². The fourth-order valence-electron chi connectivity index (χ4n) is 5.28. The van der Waals surface area contributed by atoms with Crippen molar-refractivity contribution >= 4 is 0 Å². The Morgan fingerprint density at radius 1 is 0.815 bits per heavy atom. The van der Waals surface area contributed by atoms with E-state index in [1.807, 2.05) is 0 Å². The summed E-state index contributed by atoms with van der Waals surface area (Å²) in [5, 5.41) is 0. The van der Waals surface area contributed by atoms with Gasteiger partial charge in [-0.3, -0.25) is 0 Å². The fourth-order valence-corrected chi connectivity index (χ4v) is 5.28. The third kappa shape index (κ3) is 3.95. The minimum atomic E-state index is -0.719. The van der Waals surface area contributed by atoms with Gasteiger partial charge in [-0.25, -0.2) is 8.78 Å². The topological polar surface area (TPSA) is 0 Å². The molecule has 2 aliphatic carbocycles. The Morgan fingerprint density at radius 2 is 1.48 bits per heavy atom. The Kier molecular flexibility index (Phi) is 5.61. The minimum absolute atomic E-state index is 0.295. The first-order chi connectivity index (χ1) is 13.2. The summed E-state index contributed by atoms with van der Waals surface area (Å²) in [5.41, 5.74) is 4.30. The van der Waals surface area contributed by atoms with Crippen LogP contribution in [0.3, 0.4) is 0 Å². The predicted molar refractivity (Wildman–Crippen MR) is 107 cm³/mol. The lowest BCUT2D eigenvalue weighted by Crippen LogP contribution is -2.16. The zero-order valence-electron chi connectivity index (χ0n) is 16.3. The van der Waals surface area contributed by atoms with E-state index in [2.05, 4.69) is 31.2 Å². The quantitative estimate of drug-likeness (QED) is 0.530. The van der Waals surface area contributed by atoms with E-state index < -0.39 is 11.6 Å². The standard InChI is InChI=1S/C25H30F2/c1-2-3-17-4-6-18(7-5-17)19-8-10-20(11-9-19)22-13-12-21-14-15-24(26)25(27)23(21)16-22/h8-11,14-15,17-18,22H,2-7,12-13,16H2,1H3. The summed E-state index contributed by atoms with van der Waals surface area (Å²) < 4.78 is 27.8. The Hall–Kier alpha value is -1.70. The fraction of sp³-hybridized carbons (Fsp3) is 0.520. The van der Waals surface area contributed by atoms with E-state index in [1.165, 1.54) is 55.7 Å². The largest absolute Gasteiger partial charge is 0.204 e. The first kappa shape index (κ1) is 18.7. The summed E-state index contributed by atoms with van der Waals surface area (Å²) in [6.07, 6.45) is 10.5. The van der Waals surface area contributed by atoms with Crippen LogP contribution in [0, 0.1) is 17.6 Å². The maximum Gasteiger partial charge on any atom is 0.162 e. The van der Waals surface area contributed by atoms with Gasteiger partial charge in [0, 0.05) is 0 Å². The number of benzene rings is 2. The van der Waals surface area contributed by atoms with Gasteiger partial charge in [0.25, 0.3) is 0 Å². The van der Waals surface area contributed by atoms with Crippen molar-refractivity contribution in [1.82, 2.24) is 0 Å². The van der Waals surface area contributed by atoms with Crippen molar-refractivity contribution in [2.45, 2.75) is 76.5 Å². The van der Waals surface area contributed by atoms with Gasteiger partial charge in [0.2, 0.25) is 0 Å². The van der Waals surface area contributed by atoms with Crippen LogP contribution in [-0.2, 0) is 12.8 Å². The maximum atomic E-state index is 14.2. The van der Waals surface area contributed by atoms with Crippen molar-refractivity contribution in [2.75, 3.05) is 0 Å². The average Bonchev–Trinajstić information content (AvgIpc) is 2.72. The molecule has 2 aromatic rings. The molecule has 0 amide bonds. The van der Waals surface area contributed by atoms with Crippen LogP contribution in [-0.4, -0.2) is 0 Å². The highest BCUT2D eigenvalue weighted by Gasteiger charge is 2.25. The molecule has 0 aliphatic heterocycles. The molecule has 144 valence electrons. The first-order valence-corrected chi connectivity index (χ1v) is 10.7. The van der Waals surface area contributed by atoms with Gasteiger partial charge in [-0.1, -0.05) is 50.1 Å². The van der Waals surface area contributed by atoms with Crippen LogP contribution in [0.25, 0.3) is 0 Å². The molecule has 0 nitrogen and oxygen atoms in total. The molecule has 0 saturated heterocycles. The summed E-state index contributed by atoms with van der Waals surface area (Å²) in [6, 6.07) is 12.1. The first-order valence-electron chi connectivity index (χ1n) is 10.7.